The average Bonchev–Trinajstić information content (AvgIpc) is 2.02. The van der Waals surface area contributed by atoms with Crippen molar-refractivity contribution in [2.24, 2.45) is 5.73 Å². The Hall–Kier alpha value is -0.870. The Morgan fingerprint density at radius 2 is 2.31 bits per heavy atom. The van der Waals surface area contributed by atoms with Gasteiger partial charge in [0.2, 0.25) is 0 Å². The smallest absolute Gasteiger partial charge is 0.155 e. The summed E-state index contributed by atoms with van der Waals surface area (Å²) in [6.45, 7) is 5.43. The fraction of sp³-hybridized carbons (Fsp3) is 0.667. The molecule has 4 nitrogen and oxygen atoms in total. The second-order valence-corrected chi connectivity index (χ2v) is 2.99. The molecule has 0 rings (SSSR count). The van der Waals surface area contributed by atoms with Crippen LogP contribution in [0.5, 0.6) is 0 Å². The van der Waals surface area contributed by atoms with E-state index in [1.165, 1.54) is 6.92 Å². The Morgan fingerprint density at radius 1 is 1.69 bits per heavy atom. The van der Waals surface area contributed by atoms with Gasteiger partial charge in [-0.3, -0.25) is 4.79 Å². The van der Waals surface area contributed by atoms with Gasteiger partial charge in [0.1, 0.15) is 12.4 Å². The van der Waals surface area contributed by atoms with Crippen LogP contribution in [0.2, 0.25) is 0 Å². The molecular weight excluding hydrogens is 170 g/mol. The molecule has 0 saturated carbocycles. The quantitative estimate of drug-likeness (QED) is 0.456. The highest BCUT2D eigenvalue weighted by atomic mass is 16.5. The Kier molecular flexibility index (Phi) is 6.18. The van der Waals surface area contributed by atoms with E-state index in [0.717, 1.165) is 0 Å². The molecule has 13 heavy (non-hydrogen) atoms. The monoisotopic (exact) mass is 187 g/mol. The number of carbonyl (C=O) groups excluding carboxylic acids is 1. The first kappa shape index (κ1) is 12.1. The van der Waals surface area contributed by atoms with Gasteiger partial charge in [-0.05, 0) is 19.8 Å². The largest absolute Gasteiger partial charge is 0.511 e. The molecule has 0 amide bonds. The molecule has 76 valence electrons. The van der Waals surface area contributed by atoms with E-state index in [4.69, 9.17) is 15.6 Å². The topological polar surface area (TPSA) is 72.6 Å². The minimum atomic E-state index is -0.388. The maximum Gasteiger partial charge on any atom is 0.155 e. The van der Waals surface area contributed by atoms with E-state index in [9.17, 15) is 4.79 Å². The van der Waals surface area contributed by atoms with Gasteiger partial charge in [-0.1, -0.05) is 6.58 Å². The third kappa shape index (κ3) is 7.49. The SMILES string of the molecule is C=C(O)C(N)CCCOCC(C)=O. The van der Waals surface area contributed by atoms with E-state index in [1.807, 2.05) is 0 Å². The van der Waals surface area contributed by atoms with E-state index in [0.29, 0.717) is 19.4 Å². The molecule has 3 N–H and O–H groups in total. The molecule has 0 aliphatic heterocycles. The summed E-state index contributed by atoms with van der Waals surface area (Å²) in [6, 6.07) is -0.388. The van der Waals surface area contributed by atoms with Gasteiger partial charge in [-0.15, -0.1) is 0 Å². The maximum absolute atomic E-state index is 10.4. The van der Waals surface area contributed by atoms with Crippen molar-refractivity contribution < 1.29 is 14.6 Å². The molecule has 0 fully saturated rings. The summed E-state index contributed by atoms with van der Waals surface area (Å²) < 4.78 is 5.01. The molecule has 0 radical (unpaired) electrons. The van der Waals surface area contributed by atoms with E-state index in [-0.39, 0.29) is 24.2 Å². The van der Waals surface area contributed by atoms with Crippen LogP contribution in [0.3, 0.4) is 0 Å². The first-order valence-electron chi connectivity index (χ1n) is 4.24. The minimum absolute atomic E-state index is 0.00781. The lowest BCUT2D eigenvalue weighted by molar-refractivity contribution is -0.121. The van der Waals surface area contributed by atoms with E-state index in [1.54, 1.807) is 0 Å². The molecule has 1 unspecified atom stereocenters. The molecule has 0 aromatic carbocycles. The molecule has 0 aromatic rings. The third-order valence-electron chi connectivity index (χ3n) is 1.54. The highest BCUT2D eigenvalue weighted by molar-refractivity contribution is 5.76. The van der Waals surface area contributed by atoms with Crippen LogP contribution in [0.15, 0.2) is 12.3 Å². The van der Waals surface area contributed by atoms with E-state index >= 15 is 0 Å². The van der Waals surface area contributed by atoms with Crippen molar-refractivity contribution in [3.8, 4) is 0 Å². The van der Waals surface area contributed by atoms with Crippen LogP contribution in [-0.4, -0.2) is 30.1 Å². The molecule has 0 aliphatic rings. The summed E-state index contributed by atoms with van der Waals surface area (Å²) >= 11 is 0. The Labute approximate surface area is 78.4 Å². The van der Waals surface area contributed by atoms with Crippen molar-refractivity contribution in [1.82, 2.24) is 0 Å². The molecule has 0 heterocycles. The summed E-state index contributed by atoms with van der Waals surface area (Å²) in [7, 11) is 0. The lowest BCUT2D eigenvalue weighted by Gasteiger charge is -2.08. The Balaban J connectivity index is 3.26. The normalized spacial score (nSPS) is 12.5. The number of ketones is 1. The van der Waals surface area contributed by atoms with Gasteiger partial charge >= 0.3 is 0 Å². The average molecular weight is 187 g/mol. The number of rotatable bonds is 7. The minimum Gasteiger partial charge on any atom is -0.511 e. The molecule has 0 spiro atoms. The van der Waals surface area contributed by atoms with Crippen LogP contribution in [0.1, 0.15) is 19.8 Å². The molecule has 0 bridgehead atoms. The number of aliphatic hydroxyl groups excluding tert-OH is 1. The summed E-state index contributed by atoms with van der Waals surface area (Å²) in [5, 5.41) is 8.85. The second kappa shape index (κ2) is 6.62. The Bertz CT molecular complexity index is 180. The molecule has 4 heteroatoms. The fourth-order valence-corrected chi connectivity index (χ4v) is 0.788. The molecule has 0 aliphatic carbocycles. The molecule has 0 saturated heterocycles. The van der Waals surface area contributed by atoms with Crippen LogP contribution in [-0.2, 0) is 9.53 Å². The number of ether oxygens (including phenoxy) is 1. The van der Waals surface area contributed by atoms with Crippen molar-refractivity contribution in [3.05, 3.63) is 12.3 Å². The predicted molar refractivity (Wildman–Crippen MR) is 50.5 cm³/mol. The van der Waals surface area contributed by atoms with Crippen molar-refractivity contribution >= 4 is 5.78 Å². The number of hydrogen-bond donors (Lipinski definition) is 2. The third-order valence-corrected chi connectivity index (χ3v) is 1.54. The summed E-state index contributed by atoms with van der Waals surface area (Å²) in [6.07, 6.45) is 1.33. The number of aliphatic hydroxyl groups is 1. The summed E-state index contributed by atoms with van der Waals surface area (Å²) in [4.78, 5) is 10.4. The number of hydrogen-bond acceptors (Lipinski definition) is 4. The zero-order valence-electron chi connectivity index (χ0n) is 7.95. The van der Waals surface area contributed by atoms with Gasteiger partial charge in [0.05, 0.1) is 6.04 Å². The van der Waals surface area contributed by atoms with Crippen LogP contribution in [0.4, 0.5) is 0 Å². The zero-order valence-corrected chi connectivity index (χ0v) is 7.95. The van der Waals surface area contributed by atoms with E-state index in [2.05, 4.69) is 6.58 Å². The molecule has 0 aromatic heterocycles. The number of carbonyl (C=O) groups is 1. The van der Waals surface area contributed by atoms with Crippen molar-refractivity contribution in [3.63, 3.8) is 0 Å². The lowest BCUT2D eigenvalue weighted by atomic mass is 10.1. The van der Waals surface area contributed by atoms with Crippen LogP contribution >= 0.6 is 0 Å². The molecular formula is C9H17NO3. The Morgan fingerprint density at radius 3 is 2.77 bits per heavy atom. The number of nitrogens with two attached hydrogens (primary N) is 1. The standard InChI is InChI=1S/C9H17NO3/c1-7(11)6-13-5-3-4-9(10)8(2)12/h9,12H,2-6,10H2,1H3. The van der Waals surface area contributed by atoms with E-state index < -0.39 is 0 Å². The van der Waals surface area contributed by atoms with Gasteiger partial charge in [0, 0.05) is 6.61 Å². The first-order chi connectivity index (χ1) is 6.04. The van der Waals surface area contributed by atoms with Crippen LogP contribution in [0.25, 0.3) is 0 Å². The highest BCUT2D eigenvalue weighted by Crippen LogP contribution is 2.00. The van der Waals surface area contributed by atoms with Crippen molar-refractivity contribution in [2.75, 3.05) is 13.2 Å². The van der Waals surface area contributed by atoms with Gasteiger partial charge in [-0.25, -0.2) is 0 Å². The summed E-state index contributed by atoms with van der Waals surface area (Å²) in [5.74, 6) is 0.00225. The van der Waals surface area contributed by atoms with Gasteiger partial charge in [0.15, 0.2) is 5.78 Å². The van der Waals surface area contributed by atoms with Gasteiger partial charge in [-0.2, -0.15) is 0 Å². The second-order valence-electron chi connectivity index (χ2n) is 2.99. The molecule has 1 atom stereocenters. The fourth-order valence-electron chi connectivity index (χ4n) is 0.788. The predicted octanol–water partition coefficient (Wildman–Crippen LogP) is 0.771. The summed E-state index contributed by atoms with van der Waals surface area (Å²) in [5.41, 5.74) is 5.49. The van der Waals surface area contributed by atoms with Crippen LogP contribution < -0.4 is 5.73 Å². The van der Waals surface area contributed by atoms with Crippen LogP contribution in [0, 0.1) is 0 Å². The van der Waals surface area contributed by atoms with Gasteiger partial charge < -0.3 is 15.6 Å². The van der Waals surface area contributed by atoms with Crippen molar-refractivity contribution in [2.45, 2.75) is 25.8 Å². The zero-order chi connectivity index (χ0) is 10.3. The lowest BCUT2D eigenvalue weighted by Crippen LogP contribution is -2.22. The van der Waals surface area contributed by atoms with Gasteiger partial charge in [0.25, 0.3) is 0 Å². The highest BCUT2D eigenvalue weighted by Gasteiger charge is 2.04. The van der Waals surface area contributed by atoms with Crippen molar-refractivity contribution in [1.29, 1.82) is 0 Å². The number of Topliss-reactive ketones (excluding diaryl/α,β-unsaturated/α-hetero) is 1. The first-order valence-corrected chi connectivity index (χ1v) is 4.24. The maximum atomic E-state index is 10.4.